The topological polar surface area (TPSA) is 93.2 Å². The van der Waals surface area contributed by atoms with Crippen LogP contribution in [0.5, 0.6) is 0 Å². The number of carbonyl (C=O) groups is 2. The molecule has 0 bridgehead atoms. The van der Waals surface area contributed by atoms with Crippen molar-refractivity contribution < 1.29 is 14.3 Å². The first-order valence-corrected chi connectivity index (χ1v) is 8.99. The number of amides is 1. The van der Waals surface area contributed by atoms with Gasteiger partial charge in [0.2, 0.25) is 11.0 Å². The summed E-state index contributed by atoms with van der Waals surface area (Å²) in [5.41, 5.74) is 1.05. The van der Waals surface area contributed by atoms with Gasteiger partial charge in [-0.15, -0.1) is 10.2 Å². The summed E-state index contributed by atoms with van der Waals surface area (Å²) in [5.74, 6) is -0.334. The van der Waals surface area contributed by atoms with Crippen molar-refractivity contribution in [2.45, 2.75) is 24.2 Å². The van der Waals surface area contributed by atoms with Gasteiger partial charge in [-0.2, -0.15) is 0 Å². The number of carbonyl (C=O) groups excluding carboxylic acids is 2. The fourth-order valence-electron chi connectivity index (χ4n) is 1.71. The molecule has 0 fully saturated rings. The van der Waals surface area contributed by atoms with Gasteiger partial charge in [-0.1, -0.05) is 23.1 Å². The molecule has 2 rings (SSSR count). The van der Waals surface area contributed by atoms with E-state index in [2.05, 4.69) is 25.6 Å². The number of ether oxygens (including phenoxy) is 1. The molecule has 0 aliphatic heterocycles. The second-order valence-corrected chi connectivity index (χ2v) is 7.28. The molecule has 1 aromatic carbocycles. The Morgan fingerprint density at radius 3 is 2.58 bits per heavy atom. The first-order valence-electron chi connectivity index (χ1n) is 7.19. The van der Waals surface area contributed by atoms with Crippen LogP contribution < -0.4 is 10.6 Å². The van der Waals surface area contributed by atoms with E-state index in [0.29, 0.717) is 11.3 Å². The summed E-state index contributed by atoms with van der Waals surface area (Å²) in [4.78, 5) is 23.3. The summed E-state index contributed by atoms with van der Waals surface area (Å²) in [6.07, 6.45) is 0. The Morgan fingerprint density at radius 2 is 1.96 bits per heavy atom. The third-order valence-electron chi connectivity index (χ3n) is 2.74. The first-order chi connectivity index (χ1) is 11.5. The van der Waals surface area contributed by atoms with E-state index in [1.165, 1.54) is 30.2 Å². The average Bonchev–Trinajstić information content (AvgIpc) is 2.99. The molecular formula is C15H18N4O3S2. The molecule has 2 N–H and O–H groups in total. The number of rotatable bonds is 7. The van der Waals surface area contributed by atoms with Crippen molar-refractivity contribution in [3.8, 4) is 0 Å². The van der Waals surface area contributed by atoms with Crippen LogP contribution in [0, 0.1) is 0 Å². The van der Waals surface area contributed by atoms with Gasteiger partial charge in [0.25, 0.3) is 0 Å². The number of aromatic nitrogens is 2. The van der Waals surface area contributed by atoms with Crippen LogP contribution in [0.2, 0.25) is 0 Å². The van der Waals surface area contributed by atoms with Crippen molar-refractivity contribution in [2.24, 2.45) is 0 Å². The number of benzene rings is 1. The van der Waals surface area contributed by atoms with E-state index in [-0.39, 0.29) is 17.7 Å². The molecule has 24 heavy (non-hydrogen) atoms. The maximum absolute atomic E-state index is 12.0. The second-order valence-electron chi connectivity index (χ2n) is 5.08. The molecule has 2 aromatic rings. The predicted octanol–water partition coefficient (Wildman–Crippen LogP) is 2.88. The van der Waals surface area contributed by atoms with Gasteiger partial charge in [0, 0.05) is 11.7 Å². The number of hydrogen-bond acceptors (Lipinski definition) is 8. The van der Waals surface area contributed by atoms with E-state index in [1.807, 2.05) is 13.8 Å². The number of methoxy groups -OCH3 is 1. The molecule has 0 atom stereocenters. The molecule has 9 heteroatoms. The first kappa shape index (κ1) is 18.2. The molecule has 128 valence electrons. The Balaban J connectivity index is 1.82. The Kier molecular flexibility index (Phi) is 6.56. The Bertz CT molecular complexity index is 701. The van der Waals surface area contributed by atoms with Crippen LogP contribution >= 0.6 is 23.1 Å². The summed E-state index contributed by atoms with van der Waals surface area (Å²) in [5, 5.41) is 14.7. The standard InChI is InChI=1S/C15H18N4O3S2/c1-9(2)16-14-18-19-15(24-14)23-8-12(20)17-11-6-4-10(5-7-11)13(21)22-3/h4-7,9H,8H2,1-3H3,(H,16,18)(H,17,20). The largest absolute Gasteiger partial charge is 0.465 e. The van der Waals surface area contributed by atoms with Crippen LogP contribution in [0.1, 0.15) is 24.2 Å². The van der Waals surface area contributed by atoms with Crippen molar-refractivity contribution in [3.05, 3.63) is 29.8 Å². The highest BCUT2D eigenvalue weighted by Gasteiger charge is 2.10. The minimum Gasteiger partial charge on any atom is -0.465 e. The fourth-order valence-corrected chi connectivity index (χ4v) is 3.40. The van der Waals surface area contributed by atoms with Crippen molar-refractivity contribution in [3.63, 3.8) is 0 Å². The van der Waals surface area contributed by atoms with Crippen LogP contribution in [-0.2, 0) is 9.53 Å². The molecule has 1 aromatic heterocycles. The zero-order valence-electron chi connectivity index (χ0n) is 13.5. The van der Waals surface area contributed by atoms with E-state index in [0.717, 1.165) is 9.47 Å². The average molecular weight is 366 g/mol. The molecule has 7 nitrogen and oxygen atoms in total. The van der Waals surface area contributed by atoms with E-state index in [9.17, 15) is 9.59 Å². The van der Waals surface area contributed by atoms with E-state index in [1.54, 1.807) is 24.3 Å². The summed E-state index contributed by atoms with van der Waals surface area (Å²) >= 11 is 2.74. The van der Waals surface area contributed by atoms with Gasteiger partial charge < -0.3 is 15.4 Å². The van der Waals surface area contributed by atoms with E-state index >= 15 is 0 Å². The molecule has 0 spiro atoms. The van der Waals surface area contributed by atoms with Gasteiger partial charge in [0.15, 0.2) is 4.34 Å². The summed E-state index contributed by atoms with van der Waals surface area (Å²) < 4.78 is 5.36. The number of nitrogens with one attached hydrogen (secondary N) is 2. The van der Waals surface area contributed by atoms with Crippen molar-refractivity contribution in [1.29, 1.82) is 0 Å². The van der Waals surface area contributed by atoms with Gasteiger partial charge in [0.05, 0.1) is 18.4 Å². The minimum absolute atomic E-state index is 0.153. The minimum atomic E-state index is -0.412. The number of thioether (sulfide) groups is 1. The lowest BCUT2D eigenvalue weighted by Crippen LogP contribution is -2.14. The van der Waals surface area contributed by atoms with Crippen molar-refractivity contribution in [2.75, 3.05) is 23.5 Å². The van der Waals surface area contributed by atoms with Crippen molar-refractivity contribution >= 4 is 45.8 Å². The van der Waals surface area contributed by atoms with Gasteiger partial charge in [-0.3, -0.25) is 4.79 Å². The lowest BCUT2D eigenvalue weighted by atomic mass is 10.2. The molecule has 0 aliphatic rings. The lowest BCUT2D eigenvalue weighted by molar-refractivity contribution is -0.113. The van der Waals surface area contributed by atoms with Crippen molar-refractivity contribution in [1.82, 2.24) is 10.2 Å². The third kappa shape index (κ3) is 5.50. The zero-order chi connectivity index (χ0) is 17.5. The van der Waals surface area contributed by atoms with Crippen LogP contribution in [0.15, 0.2) is 28.6 Å². The number of hydrogen-bond donors (Lipinski definition) is 2. The van der Waals surface area contributed by atoms with Gasteiger partial charge >= 0.3 is 5.97 Å². The van der Waals surface area contributed by atoms with E-state index < -0.39 is 5.97 Å². The highest BCUT2D eigenvalue weighted by molar-refractivity contribution is 8.01. The van der Waals surface area contributed by atoms with Gasteiger partial charge in [-0.05, 0) is 38.1 Å². The zero-order valence-corrected chi connectivity index (χ0v) is 15.2. The van der Waals surface area contributed by atoms with Gasteiger partial charge in [0.1, 0.15) is 0 Å². The van der Waals surface area contributed by atoms with Crippen LogP contribution in [0.25, 0.3) is 0 Å². The smallest absolute Gasteiger partial charge is 0.337 e. The Morgan fingerprint density at radius 1 is 1.25 bits per heavy atom. The highest BCUT2D eigenvalue weighted by Crippen LogP contribution is 2.25. The predicted molar refractivity (Wildman–Crippen MR) is 95.8 cm³/mol. The molecular weight excluding hydrogens is 348 g/mol. The number of nitrogens with zero attached hydrogens (tertiary/aromatic N) is 2. The molecule has 0 aliphatic carbocycles. The Labute approximate surface area is 148 Å². The number of esters is 1. The fraction of sp³-hybridized carbons (Fsp3) is 0.333. The van der Waals surface area contributed by atoms with Crippen LogP contribution in [-0.4, -0.2) is 41.0 Å². The quantitative estimate of drug-likeness (QED) is 0.575. The SMILES string of the molecule is COC(=O)c1ccc(NC(=O)CSc2nnc(NC(C)C)s2)cc1. The molecule has 0 radical (unpaired) electrons. The maximum atomic E-state index is 12.0. The number of anilines is 2. The Hall–Kier alpha value is -2.13. The maximum Gasteiger partial charge on any atom is 0.337 e. The normalized spacial score (nSPS) is 10.5. The van der Waals surface area contributed by atoms with Crippen LogP contribution in [0.3, 0.4) is 0 Å². The molecule has 0 saturated heterocycles. The highest BCUT2D eigenvalue weighted by atomic mass is 32.2. The molecule has 0 unspecified atom stereocenters. The summed E-state index contributed by atoms with van der Waals surface area (Å²) in [7, 11) is 1.32. The van der Waals surface area contributed by atoms with Gasteiger partial charge in [-0.25, -0.2) is 4.79 Å². The molecule has 0 saturated carbocycles. The summed E-state index contributed by atoms with van der Waals surface area (Å²) in [6, 6.07) is 6.80. The van der Waals surface area contributed by atoms with E-state index in [4.69, 9.17) is 0 Å². The third-order valence-corrected chi connectivity index (χ3v) is 4.72. The lowest BCUT2D eigenvalue weighted by Gasteiger charge is -2.05. The molecule has 1 heterocycles. The van der Waals surface area contributed by atoms with Crippen LogP contribution in [0.4, 0.5) is 10.8 Å². The monoisotopic (exact) mass is 366 g/mol. The molecule has 1 amide bonds. The second kappa shape index (κ2) is 8.65. The summed E-state index contributed by atoms with van der Waals surface area (Å²) in [6.45, 7) is 4.04.